The molecule has 0 bridgehead atoms. The third-order valence-electron chi connectivity index (χ3n) is 2.82. The van der Waals surface area contributed by atoms with Gasteiger partial charge in [-0.05, 0) is 11.5 Å². The monoisotopic (exact) mass is 246 g/mol. The van der Waals surface area contributed by atoms with Gasteiger partial charge in [-0.2, -0.15) is 0 Å². The molecule has 2 aromatic carbocycles. The summed E-state index contributed by atoms with van der Waals surface area (Å²) in [6.45, 7) is 1.02. The first-order chi connectivity index (χ1) is 8.66. The van der Waals surface area contributed by atoms with E-state index in [4.69, 9.17) is 4.74 Å². The molecule has 2 aromatic rings. The first kappa shape index (κ1) is 12.9. The topological polar surface area (TPSA) is 33.9 Å². The molecule has 3 nitrogen and oxygen atoms in total. The van der Waals surface area contributed by atoms with E-state index >= 15 is 0 Å². The molecule has 0 radical (unpaired) electrons. The predicted molar refractivity (Wildman–Crippen MR) is 73.1 cm³/mol. The van der Waals surface area contributed by atoms with Gasteiger partial charge in [-0.25, -0.2) is 0 Å². The van der Waals surface area contributed by atoms with E-state index < -0.39 is 6.10 Å². The van der Waals surface area contributed by atoms with Crippen LogP contribution in [0.3, 0.4) is 0 Å². The van der Waals surface area contributed by atoms with Gasteiger partial charge in [-0.1, -0.05) is 36.4 Å². The van der Waals surface area contributed by atoms with Gasteiger partial charge in [0.25, 0.3) is 0 Å². The molecule has 0 spiro atoms. The fourth-order valence-electron chi connectivity index (χ4n) is 2.04. The summed E-state index contributed by atoms with van der Waals surface area (Å²) in [4.78, 5) is 1.21. The lowest BCUT2D eigenvalue weighted by atomic mass is 10.1. The molecule has 0 unspecified atom stereocenters. The average molecular weight is 246 g/mol. The van der Waals surface area contributed by atoms with Crippen molar-refractivity contribution < 1.29 is 14.7 Å². The number of quaternary nitrogens is 1. The van der Waals surface area contributed by atoms with Crippen LogP contribution in [0, 0.1) is 0 Å². The molecule has 0 fully saturated rings. The Morgan fingerprint density at radius 2 is 1.83 bits per heavy atom. The number of aliphatic hydroxyl groups is 1. The van der Waals surface area contributed by atoms with E-state index in [1.165, 1.54) is 4.90 Å². The van der Waals surface area contributed by atoms with Crippen LogP contribution >= 0.6 is 0 Å². The fourth-order valence-corrected chi connectivity index (χ4v) is 2.04. The third kappa shape index (κ3) is 3.22. The normalized spacial score (nSPS) is 12.9. The Bertz CT molecular complexity index is 505. The lowest BCUT2D eigenvalue weighted by Crippen LogP contribution is -3.07. The van der Waals surface area contributed by atoms with E-state index in [0.29, 0.717) is 13.2 Å². The summed E-state index contributed by atoms with van der Waals surface area (Å²) >= 11 is 0. The molecule has 96 valence electrons. The molecule has 0 saturated heterocycles. The van der Waals surface area contributed by atoms with Crippen molar-refractivity contribution in [3.8, 4) is 5.75 Å². The highest BCUT2D eigenvalue weighted by Crippen LogP contribution is 2.25. The molecule has 0 aliphatic carbocycles. The molecule has 2 rings (SSSR count). The van der Waals surface area contributed by atoms with Gasteiger partial charge in [0.2, 0.25) is 0 Å². The van der Waals surface area contributed by atoms with E-state index in [-0.39, 0.29) is 0 Å². The number of fused-ring (bicyclic) bond motifs is 1. The van der Waals surface area contributed by atoms with Crippen molar-refractivity contribution in [3.05, 3.63) is 42.5 Å². The molecule has 0 amide bonds. The average Bonchev–Trinajstić information content (AvgIpc) is 2.35. The minimum absolute atomic E-state index is 0.333. The van der Waals surface area contributed by atoms with Crippen LogP contribution in [-0.4, -0.2) is 38.5 Å². The second-order valence-electron chi connectivity index (χ2n) is 4.85. The number of hydrogen-bond donors (Lipinski definition) is 2. The number of ether oxygens (including phenoxy) is 1. The molecule has 0 heterocycles. The second kappa shape index (κ2) is 5.85. The maximum Gasteiger partial charge on any atom is 0.137 e. The van der Waals surface area contributed by atoms with Crippen molar-refractivity contribution in [2.24, 2.45) is 0 Å². The number of aliphatic hydroxyl groups excluding tert-OH is 1. The molecule has 3 heteroatoms. The Hall–Kier alpha value is -1.58. The summed E-state index contributed by atoms with van der Waals surface area (Å²) in [5.74, 6) is 0.834. The summed E-state index contributed by atoms with van der Waals surface area (Å²) in [7, 11) is 4.03. The van der Waals surface area contributed by atoms with Crippen molar-refractivity contribution in [3.63, 3.8) is 0 Å². The van der Waals surface area contributed by atoms with Crippen molar-refractivity contribution in [2.45, 2.75) is 6.10 Å². The van der Waals surface area contributed by atoms with Crippen molar-refractivity contribution in [2.75, 3.05) is 27.2 Å². The van der Waals surface area contributed by atoms with E-state index in [2.05, 4.69) is 12.1 Å². The Balaban J connectivity index is 2.08. The van der Waals surface area contributed by atoms with Crippen LogP contribution in [0.1, 0.15) is 0 Å². The molecule has 2 N–H and O–H groups in total. The number of likely N-dealkylation sites (N-methyl/N-ethyl adjacent to an activating group) is 1. The fraction of sp³-hybridized carbons (Fsp3) is 0.333. The Kier molecular flexibility index (Phi) is 4.18. The smallest absolute Gasteiger partial charge is 0.137 e. The summed E-state index contributed by atoms with van der Waals surface area (Å²) < 4.78 is 5.72. The summed E-state index contributed by atoms with van der Waals surface area (Å²) in [5.41, 5.74) is 0. The molecule has 1 atom stereocenters. The van der Waals surface area contributed by atoms with Crippen molar-refractivity contribution >= 4 is 10.8 Å². The van der Waals surface area contributed by atoms with Gasteiger partial charge in [0.05, 0.1) is 14.1 Å². The highest BCUT2D eigenvalue weighted by molar-refractivity contribution is 5.88. The van der Waals surface area contributed by atoms with E-state index in [1.54, 1.807) is 0 Å². The number of nitrogens with one attached hydrogen (secondary N) is 1. The summed E-state index contributed by atoms with van der Waals surface area (Å²) in [6, 6.07) is 14.1. The first-order valence-electron chi connectivity index (χ1n) is 6.24. The molecule has 0 aromatic heterocycles. The Morgan fingerprint density at radius 3 is 2.61 bits per heavy atom. The van der Waals surface area contributed by atoms with E-state index in [1.807, 2.05) is 44.4 Å². The largest absolute Gasteiger partial charge is 0.490 e. The molecule has 0 saturated carbocycles. The van der Waals surface area contributed by atoms with Crippen LogP contribution in [0.25, 0.3) is 10.8 Å². The van der Waals surface area contributed by atoms with Gasteiger partial charge in [0, 0.05) is 5.39 Å². The van der Waals surface area contributed by atoms with Crippen LogP contribution in [0.4, 0.5) is 0 Å². The van der Waals surface area contributed by atoms with Gasteiger partial charge in [0.15, 0.2) is 0 Å². The van der Waals surface area contributed by atoms with Gasteiger partial charge >= 0.3 is 0 Å². The van der Waals surface area contributed by atoms with Crippen LogP contribution < -0.4 is 9.64 Å². The Morgan fingerprint density at radius 1 is 1.11 bits per heavy atom. The summed E-state index contributed by atoms with van der Waals surface area (Å²) in [5, 5.41) is 12.0. The van der Waals surface area contributed by atoms with Gasteiger partial charge in [0.1, 0.15) is 25.0 Å². The SMILES string of the molecule is C[NH+](C)C[C@H](O)COc1cccc2ccccc12. The van der Waals surface area contributed by atoms with Crippen LogP contribution in [0.2, 0.25) is 0 Å². The molecule has 0 aliphatic rings. The third-order valence-corrected chi connectivity index (χ3v) is 2.82. The van der Waals surface area contributed by atoms with Crippen LogP contribution in [-0.2, 0) is 0 Å². The first-order valence-corrected chi connectivity index (χ1v) is 6.24. The molecule has 18 heavy (non-hydrogen) atoms. The number of benzene rings is 2. The van der Waals surface area contributed by atoms with E-state index in [0.717, 1.165) is 16.5 Å². The standard InChI is InChI=1S/C15H19NO2/c1-16(2)10-13(17)11-18-15-9-5-7-12-6-3-4-8-14(12)15/h3-9,13,17H,10-11H2,1-2H3/p+1/t13-/m0/s1. The number of rotatable bonds is 5. The van der Waals surface area contributed by atoms with Crippen LogP contribution in [0.5, 0.6) is 5.75 Å². The van der Waals surface area contributed by atoms with Crippen molar-refractivity contribution in [1.29, 1.82) is 0 Å². The maximum absolute atomic E-state index is 9.81. The Labute approximate surface area is 108 Å². The van der Waals surface area contributed by atoms with Crippen molar-refractivity contribution in [1.82, 2.24) is 0 Å². The highest BCUT2D eigenvalue weighted by Gasteiger charge is 2.10. The van der Waals surface area contributed by atoms with Gasteiger partial charge < -0.3 is 14.7 Å². The zero-order chi connectivity index (χ0) is 13.0. The van der Waals surface area contributed by atoms with Gasteiger partial charge in [-0.3, -0.25) is 0 Å². The van der Waals surface area contributed by atoms with E-state index in [9.17, 15) is 5.11 Å². The lowest BCUT2D eigenvalue weighted by molar-refractivity contribution is -0.861. The molecule has 0 aliphatic heterocycles. The quantitative estimate of drug-likeness (QED) is 0.815. The number of hydrogen-bond acceptors (Lipinski definition) is 2. The minimum atomic E-state index is -0.436. The zero-order valence-corrected chi connectivity index (χ0v) is 10.9. The molecular formula is C15H20NO2+. The predicted octanol–water partition coefficient (Wildman–Crippen LogP) is 0.724. The van der Waals surface area contributed by atoms with Gasteiger partial charge in [-0.15, -0.1) is 0 Å². The second-order valence-corrected chi connectivity index (χ2v) is 4.85. The minimum Gasteiger partial charge on any atom is -0.490 e. The lowest BCUT2D eigenvalue weighted by Gasteiger charge is -2.15. The maximum atomic E-state index is 9.81. The molecular weight excluding hydrogens is 226 g/mol. The highest BCUT2D eigenvalue weighted by atomic mass is 16.5. The zero-order valence-electron chi connectivity index (χ0n) is 10.9. The van der Waals surface area contributed by atoms with Crippen LogP contribution in [0.15, 0.2) is 42.5 Å². The summed E-state index contributed by atoms with van der Waals surface area (Å²) in [6.07, 6.45) is -0.436.